The Labute approximate surface area is 68.3 Å². The molecule has 0 radical (unpaired) electrons. The summed E-state index contributed by atoms with van der Waals surface area (Å²) in [5, 5.41) is 0. The highest BCUT2D eigenvalue weighted by Gasteiger charge is 2.28. The van der Waals surface area contributed by atoms with E-state index < -0.39 is 0 Å². The number of hydrogen-bond donors (Lipinski definition) is 0. The van der Waals surface area contributed by atoms with Gasteiger partial charge in [0.05, 0.1) is 6.10 Å². The van der Waals surface area contributed by atoms with Crippen molar-refractivity contribution in [3.05, 3.63) is 0 Å². The van der Waals surface area contributed by atoms with Crippen LogP contribution in [0.5, 0.6) is 0 Å². The molecule has 11 heavy (non-hydrogen) atoms. The molecule has 0 aromatic rings. The summed E-state index contributed by atoms with van der Waals surface area (Å²) in [6, 6.07) is 0. The predicted molar refractivity (Wildman–Crippen MR) is 43.5 cm³/mol. The van der Waals surface area contributed by atoms with Crippen molar-refractivity contribution in [1.29, 1.82) is 0 Å². The topological polar surface area (TPSA) is 21.7 Å². The van der Waals surface area contributed by atoms with Crippen LogP contribution in [0.25, 0.3) is 0 Å². The summed E-state index contributed by atoms with van der Waals surface area (Å²) in [6.45, 7) is 1.11. The van der Waals surface area contributed by atoms with Crippen LogP contribution in [0.2, 0.25) is 0 Å². The van der Waals surface area contributed by atoms with E-state index in [1.54, 1.807) is 14.2 Å². The molecule has 0 N–H and O–H groups in total. The van der Waals surface area contributed by atoms with Gasteiger partial charge >= 0.3 is 0 Å². The maximum atomic E-state index is 5.31. The largest absolute Gasteiger partial charge is 0.377 e. The van der Waals surface area contributed by atoms with E-state index in [9.17, 15) is 0 Å². The third kappa shape index (κ3) is 1.92. The standard InChI is InChI=1S/C8H17NO2/c1-9-6-4-5-7(10-2)8(9)11-3/h7-8H,4-6H2,1-3H3. The summed E-state index contributed by atoms with van der Waals surface area (Å²) in [5.41, 5.74) is 0. The molecule has 1 fully saturated rings. The zero-order valence-corrected chi connectivity index (χ0v) is 7.54. The first-order chi connectivity index (χ1) is 5.29. The van der Waals surface area contributed by atoms with Crippen molar-refractivity contribution in [3.8, 4) is 0 Å². The third-order valence-corrected chi connectivity index (χ3v) is 2.30. The molecule has 0 saturated carbocycles. The lowest BCUT2D eigenvalue weighted by atomic mass is 10.1. The predicted octanol–water partition coefficient (Wildman–Crippen LogP) is 0.700. The van der Waals surface area contributed by atoms with Crippen molar-refractivity contribution in [2.75, 3.05) is 27.8 Å². The van der Waals surface area contributed by atoms with Crippen LogP contribution >= 0.6 is 0 Å². The van der Waals surface area contributed by atoms with Crippen molar-refractivity contribution in [1.82, 2.24) is 4.90 Å². The lowest BCUT2D eigenvalue weighted by Gasteiger charge is -2.36. The summed E-state index contributed by atoms with van der Waals surface area (Å²) in [7, 11) is 5.55. The Hall–Kier alpha value is -0.120. The van der Waals surface area contributed by atoms with E-state index in [1.807, 2.05) is 0 Å². The van der Waals surface area contributed by atoms with Crippen molar-refractivity contribution < 1.29 is 9.47 Å². The Morgan fingerprint density at radius 2 is 2.00 bits per heavy atom. The Bertz CT molecular complexity index is 119. The summed E-state index contributed by atoms with van der Waals surface area (Å²) >= 11 is 0. The summed E-state index contributed by atoms with van der Waals surface area (Å²) in [4.78, 5) is 2.19. The van der Waals surface area contributed by atoms with Gasteiger partial charge in [-0.3, -0.25) is 4.90 Å². The van der Waals surface area contributed by atoms with E-state index in [4.69, 9.17) is 9.47 Å². The number of likely N-dealkylation sites (tertiary alicyclic amines) is 1. The maximum Gasteiger partial charge on any atom is 0.136 e. The monoisotopic (exact) mass is 159 g/mol. The van der Waals surface area contributed by atoms with Crippen LogP contribution in [0.1, 0.15) is 12.8 Å². The highest BCUT2D eigenvalue weighted by Crippen LogP contribution is 2.18. The van der Waals surface area contributed by atoms with E-state index in [2.05, 4.69) is 11.9 Å². The lowest BCUT2D eigenvalue weighted by molar-refractivity contribution is -0.131. The zero-order chi connectivity index (χ0) is 8.27. The Morgan fingerprint density at radius 3 is 2.45 bits per heavy atom. The minimum absolute atomic E-state index is 0.147. The first-order valence-electron chi connectivity index (χ1n) is 4.05. The number of methoxy groups -OCH3 is 2. The second-order valence-electron chi connectivity index (χ2n) is 3.02. The summed E-state index contributed by atoms with van der Waals surface area (Å²) in [6.07, 6.45) is 2.71. The minimum Gasteiger partial charge on any atom is -0.377 e. The van der Waals surface area contributed by atoms with Crippen LogP contribution in [0, 0.1) is 0 Å². The summed E-state index contributed by atoms with van der Waals surface area (Å²) < 4.78 is 10.6. The van der Waals surface area contributed by atoms with Crippen LogP contribution < -0.4 is 0 Å². The SMILES string of the molecule is COC1CCCN(C)C1OC. The molecule has 0 amide bonds. The molecule has 0 bridgehead atoms. The van der Waals surface area contributed by atoms with Gasteiger partial charge < -0.3 is 9.47 Å². The molecule has 1 heterocycles. The lowest BCUT2D eigenvalue weighted by Crippen LogP contribution is -2.47. The number of likely N-dealkylation sites (N-methyl/N-ethyl adjacent to an activating group) is 1. The maximum absolute atomic E-state index is 5.31. The fourth-order valence-corrected chi connectivity index (χ4v) is 1.66. The molecular formula is C8H17NO2. The second kappa shape index (κ2) is 4.04. The van der Waals surface area contributed by atoms with E-state index >= 15 is 0 Å². The highest BCUT2D eigenvalue weighted by atomic mass is 16.5. The number of hydrogen-bond acceptors (Lipinski definition) is 3. The molecule has 66 valence electrons. The van der Waals surface area contributed by atoms with E-state index in [1.165, 1.54) is 6.42 Å². The van der Waals surface area contributed by atoms with Crippen molar-refractivity contribution in [3.63, 3.8) is 0 Å². The number of rotatable bonds is 2. The van der Waals surface area contributed by atoms with Crippen LogP contribution in [0.3, 0.4) is 0 Å². The molecule has 1 aliphatic rings. The molecule has 0 aromatic heterocycles. The normalized spacial score (nSPS) is 34.1. The Kier molecular flexibility index (Phi) is 3.30. The second-order valence-corrected chi connectivity index (χ2v) is 3.02. The molecule has 1 rings (SSSR count). The minimum atomic E-state index is 0.147. The van der Waals surface area contributed by atoms with E-state index in [0.717, 1.165) is 13.0 Å². The van der Waals surface area contributed by atoms with E-state index in [-0.39, 0.29) is 12.3 Å². The molecule has 0 spiro atoms. The van der Waals surface area contributed by atoms with Gasteiger partial charge in [-0.15, -0.1) is 0 Å². The molecule has 2 unspecified atom stereocenters. The van der Waals surface area contributed by atoms with Crippen LogP contribution in [0.15, 0.2) is 0 Å². The van der Waals surface area contributed by atoms with Crippen LogP contribution in [-0.2, 0) is 9.47 Å². The van der Waals surface area contributed by atoms with Crippen molar-refractivity contribution in [2.45, 2.75) is 25.2 Å². The van der Waals surface area contributed by atoms with Gasteiger partial charge in [0.1, 0.15) is 6.23 Å². The van der Waals surface area contributed by atoms with Gasteiger partial charge in [0.15, 0.2) is 0 Å². The average molecular weight is 159 g/mol. The molecule has 2 atom stereocenters. The highest BCUT2D eigenvalue weighted by molar-refractivity contribution is 4.75. The van der Waals surface area contributed by atoms with Crippen molar-refractivity contribution in [2.24, 2.45) is 0 Å². The van der Waals surface area contributed by atoms with Crippen LogP contribution in [0.4, 0.5) is 0 Å². The Balaban J connectivity index is 2.48. The quantitative estimate of drug-likeness (QED) is 0.592. The van der Waals surface area contributed by atoms with Gasteiger partial charge in [0.25, 0.3) is 0 Å². The van der Waals surface area contributed by atoms with Gasteiger partial charge in [-0.1, -0.05) is 0 Å². The third-order valence-electron chi connectivity index (χ3n) is 2.30. The van der Waals surface area contributed by atoms with Gasteiger partial charge in [0, 0.05) is 20.8 Å². The van der Waals surface area contributed by atoms with Crippen LogP contribution in [-0.4, -0.2) is 45.0 Å². The fourth-order valence-electron chi connectivity index (χ4n) is 1.66. The molecule has 0 aromatic carbocycles. The molecular weight excluding hydrogens is 142 g/mol. The smallest absolute Gasteiger partial charge is 0.136 e. The molecule has 0 aliphatic carbocycles. The van der Waals surface area contributed by atoms with E-state index in [0.29, 0.717) is 0 Å². The number of nitrogens with zero attached hydrogens (tertiary/aromatic N) is 1. The van der Waals surface area contributed by atoms with Gasteiger partial charge in [0.2, 0.25) is 0 Å². The zero-order valence-electron chi connectivity index (χ0n) is 7.54. The number of piperidine rings is 1. The first-order valence-corrected chi connectivity index (χ1v) is 4.05. The summed E-state index contributed by atoms with van der Waals surface area (Å²) in [5.74, 6) is 0. The van der Waals surface area contributed by atoms with Gasteiger partial charge in [-0.2, -0.15) is 0 Å². The van der Waals surface area contributed by atoms with Gasteiger partial charge in [-0.05, 0) is 19.9 Å². The molecule has 1 saturated heterocycles. The molecule has 3 heteroatoms. The average Bonchev–Trinajstić information content (AvgIpc) is 2.04. The van der Waals surface area contributed by atoms with Crippen molar-refractivity contribution >= 4 is 0 Å². The molecule has 3 nitrogen and oxygen atoms in total. The molecule has 1 aliphatic heterocycles. The number of ether oxygens (including phenoxy) is 2. The fraction of sp³-hybridized carbons (Fsp3) is 1.00. The first kappa shape index (κ1) is 8.97. The van der Waals surface area contributed by atoms with Gasteiger partial charge in [-0.25, -0.2) is 0 Å². The Morgan fingerprint density at radius 1 is 1.27 bits per heavy atom.